The van der Waals surface area contributed by atoms with Gasteiger partial charge in [-0.2, -0.15) is 0 Å². The third-order valence-corrected chi connectivity index (χ3v) is 5.00. The van der Waals surface area contributed by atoms with E-state index in [-0.39, 0.29) is 23.9 Å². The fraction of sp³-hybridized carbons (Fsp3) is 0.923. The molecule has 0 amide bonds. The van der Waals surface area contributed by atoms with Crippen LogP contribution in [-0.2, 0) is 9.53 Å². The molecule has 1 N–H and O–H groups in total. The van der Waals surface area contributed by atoms with Crippen molar-refractivity contribution in [2.45, 2.75) is 50.3 Å². The summed E-state index contributed by atoms with van der Waals surface area (Å²) in [6.07, 6.45) is 4.88. The molecule has 2 aliphatic heterocycles. The van der Waals surface area contributed by atoms with E-state index in [0.717, 1.165) is 32.2 Å². The van der Waals surface area contributed by atoms with Crippen molar-refractivity contribution in [3.63, 3.8) is 0 Å². The minimum absolute atomic E-state index is 0.0101. The number of rotatable bonds is 1. The highest BCUT2D eigenvalue weighted by Crippen LogP contribution is 2.45. The molecule has 0 aromatic heterocycles. The molecule has 0 aromatic carbocycles. The Labute approximate surface area is 102 Å². The Morgan fingerprint density at radius 3 is 2.88 bits per heavy atom. The van der Waals surface area contributed by atoms with Crippen LogP contribution in [-0.4, -0.2) is 47.8 Å². The van der Waals surface area contributed by atoms with Crippen LogP contribution in [0.2, 0.25) is 0 Å². The molecule has 0 radical (unpaired) electrons. The fourth-order valence-corrected chi connectivity index (χ4v) is 4.23. The van der Waals surface area contributed by atoms with Gasteiger partial charge in [-0.1, -0.05) is 0 Å². The quantitative estimate of drug-likeness (QED) is 0.687. The van der Waals surface area contributed by atoms with Gasteiger partial charge in [0.25, 0.3) is 0 Å². The predicted octanol–water partition coefficient (Wildman–Crippen LogP) is 0.783. The maximum absolute atomic E-state index is 11.6. The molecule has 3 rings (SSSR count). The molecule has 5 atom stereocenters. The molecule has 1 aliphatic carbocycles. The summed E-state index contributed by atoms with van der Waals surface area (Å²) < 4.78 is 4.83. The third-order valence-electron chi connectivity index (χ3n) is 5.00. The smallest absolute Gasteiger partial charge is 0.308 e. The Morgan fingerprint density at radius 2 is 2.12 bits per heavy atom. The van der Waals surface area contributed by atoms with E-state index in [1.807, 2.05) is 0 Å². The van der Waals surface area contributed by atoms with Crippen molar-refractivity contribution in [1.82, 2.24) is 4.90 Å². The molecule has 4 nitrogen and oxygen atoms in total. The third kappa shape index (κ3) is 1.69. The van der Waals surface area contributed by atoms with Crippen molar-refractivity contribution in [3.05, 3.63) is 0 Å². The van der Waals surface area contributed by atoms with E-state index in [9.17, 15) is 9.90 Å². The van der Waals surface area contributed by atoms with Crippen molar-refractivity contribution in [3.8, 4) is 0 Å². The van der Waals surface area contributed by atoms with Gasteiger partial charge < -0.3 is 9.84 Å². The van der Waals surface area contributed by atoms with E-state index in [0.29, 0.717) is 12.1 Å². The molecule has 2 saturated heterocycles. The molecule has 3 aliphatic rings. The van der Waals surface area contributed by atoms with Crippen LogP contribution in [0.3, 0.4) is 0 Å². The van der Waals surface area contributed by atoms with Gasteiger partial charge in [-0.05, 0) is 38.6 Å². The Bertz CT molecular complexity index is 320. The van der Waals surface area contributed by atoms with Gasteiger partial charge in [0.05, 0.1) is 19.1 Å². The summed E-state index contributed by atoms with van der Waals surface area (Å²) in [4.78, 5) is 14.1. The molecule has 0 spiro atoms. The van der Waals surface area contributed by atoms with E-state index in [1.54, 1.807) is 0 Å². The van der Waals surface area contributed by atoms with Gasteiger partial charge in [0.1, 0.15) is 0 Å². The molecule has 0 aromatic rings. The highest BCUT2D eigenvalue weighted by molar-refractivity contribution is 5.72. The second kappa shape index (κ2) is 4.25. The van der Waals surface area contributed by atoms with Gasteiger partial charge in [-0.15, -0.1) is 0 Å². The number of nitrogens with zero attached hydrogens (tertiary/aromatic N) is 1. The lowest BCUT2D eigenvalue weighted by Crippen LogP contribution is -2.39. The predicted molar refractivity (Wildman–Crippen MR) is 62.4 cm³/mol. The van der Waals surface area contributed by atoms with Crippen LogP contribution in [0, 0.1) is 11.8 Å². The number of fused-ring (bicyclic) bond motifs is 3. The number of aliphatic hydroxyl groups excluding tert-OH is 1. The molecule has 5 unspecified atom stereocenters. The summed E-state index contributed by atoms with van der Waals surface area (Å²) in [5.74, 6) is 0.205. The van der Waals surface area contributed by atoms with E-state index in [1.165, 1.54) is 13.5 Å². The van der Waals surface area contributed by atoms with E-state index < -0.39 is 0 Å². The summed E-state index contributed by atoms with van der Waals surface area (Å²) in [6.45, 7) is 1.13. The van der Waals surface area contributed by atoms with Crippen LogP contribution in [0.1, 0.15) is 32.1 Å². The SMILES string of the molecule is COC(=O)C1CCC2C(C1)C(O)C1CCCN12. The minimum Gasteiger partial charge on any atom is -0.469 e. The van der Waals surface area contributed by atoms with Crippen molar-refractivity contribution < 1.29 is 14.6 Å². The molecular formula is C13H21NO3. The first-order valence-corrected chi connectivity index (χ1v) is 6.74. The lowest BCUT2D eigenvalue weighted by molar-refractivity contribution is -0.147. The first kappa shape index (κ1) is 11.5. The largest absolute Gasteiger partial charge is 0.469 e. The zero-order chi connectivity index (χ0) is 12.0. The number of aliphatic hydroxyl groups is 1. The maximum Gasteiger partial charge on any atom is 0.308 e. The molecule has 96 valence electrons. The monoisotopic (exact) mass is 239 g/mol. The van der Waals surface area contributed by atoms with Crippen LogP contribution in [0.15, 0.2) is 0 Å². The van der Waals surface area contributed by atoms with Crippen LogP contribution in [0.5, 0.6) is 0 Å². The van der Waals surface area contributed by atoms with Crippen LogP contribution >= 0.6 is 0 Å². The number of hydrogen-bond acceptors (Lipinski definition) is 4. The van der Waals surface area contributed by atoms with Crippen LogP contribution < -0.4 is 0 Å². The number of ether oxygens (including phenoxy) is 1. The summed E-state index contributed by atoms with van der Waals surface area (Å²) in [7, 11) is 1.46. The fourth-order valence-electron chi connectivity index (χ4n) is 4.23. The van der Waals surface area contributed by atoms with E-state index in [2.05, 4.69) is 4.90 Å². The lowest BCUT2D eigenvalue weighted by atomic mass is 9.76. The zero-order valence-corrected chi connectivity index (χ0v) is 10.3. The second-order valence-electron chi connectivity index (χ2n) is 5.70. The summed E-state index contributed by atoms with van der Waals surface area (Å²) in [5, 5.41) is 10.4. The highest BCUT2D eigenvalue weighted by Gasteiger charge is 2.52. The van der Waals surface area contributed by atoms with Crippen LogP contribution in [0.4, 0.5) is 0 Å². The average molecular weight is 239 g/mol. The Balaban J connectivity index is 1.73. The van der Waals surface area contributed by atoms with Gasteiger partial charge in [0, 0.05) is 18.0 Å². The van der Waals surface area contributed by atoms with Gasteiger partial charge in [-0.3, -0.25) is 9.69 Å². The van der Waals surface area contributed by atoms with E-state index in [4.69, 9.17) is 4.74 Å². The second-order valence-corrected chi connectivity index (χ2v) is 5.70. The molecule has 0 bridgehead atoms. The minimum atomic E-state index is -0.227. The summed E-state index contributed by atoms with van der Waals surface area (Å²) in [6, 6.07) is 0.875. The van der Waals surface area contributed by atoms with Crippen molar-refractivity contribution in [2.24, 2.45) is 11.8 Å². The van der Waals surface area contributed by atoms with Crippen molar-refractivity contribution in [2.75, 3.05) is 13.7 Å². The summed E-state index contributed by atoms with van der Waals surface area (Å²) in [5.41, 5.74) is 0. The first-order valence-electron chi connectivity index (χ1n) is 6.74. The van der Waals surface area contributed by atoms with Gasteiger partial charge in [0.2, 0.25) is 0 Å². The van der Waals surface area contributed by atoms with Gasteiger partial charge in [-0.25, -0.2) is 0 Å². The van der Waals surface area contributed by atoms with Gasteiger partial charge in [0.15, 0.2) is 0 Å². The van der Waals surface area contributed by atoms with Gasteiger partial charge >= 0.3 is 5.97 Å². The molecule has 2 heterocycles. The Morgan fingerprint density at radius 1 is 1.29 bits per heavy atom. The lowest BCUT2D eigenvalue weighted by Gasteiger charge is -2.34. The van der Waals surface area contributed by atoms with Crippen molar-refractivity contribution >= 4 is 5.97 Å². The Hall–Kier alpha value is -0.610. The van der Waals surface area contributed by atoms with E-state index >= 15 is 0 Å². The number of carbonyl (C=O) groups is 1. The number of methoxy groups -OCH3 is 1. The number of carbonyl (C=O) groups excluding carboxylic acids is 1. The molecule has 3 fully saturated rings. The summed E-state index contributed by atoms with van der Waals surface area (Å²) >= 11 is 0. The molecule has 1 saturated carbocycles. The normalized spacial score (nSPS) is 45.4. The van der Waals surface area contributed by atoms with Crippen LogP contribution in [0.25, 0.3) is 0 Å². The first-order chi connectivity index (χ1) is 8.22. The maximum atomic E-state index is 11.6. The van der Waals surface area contributed by atoms with Crippen molar-refractivity contribution in [1.29, 1.82) is 0 Å². The number of esters is 1. The standard InChI is InChI=1S/C13H21NO3/c1-17-13(16)8-4-5-10-9(7-8)12(15)11-3-2-6-14(10)11/h8-12,15H,2-7H2,1H3. The highest BCUT2D eigenvalue weighted by atomic mass is 16.5. The topological polar surface area (TPSA) is 49.8 Å². The number of hydrogen-bond donors (Lipinski definition) is 1. The average Bonchev–Trinajstić information content (AvgIpc) is 2.92. The molecule has 17 heavy (non-hydrogen) atoms. The Kier molecular flexibility index (Phi) is 2.87. The zero-order valence-electron chi connectivity index (χ0n) is 10.3. The molecule has 4 heteroatoms. The molecular weight excluding hydrogens is 218 g/mol.